The monoisotopic (exact) mass is 415 g/mol. The molecule has 5 rings (SSSR count). The number of nitrogens with one attached hydrogen (secondary N) is 3. The number of fused-ring (bicyclic) bond motifs is 2. The van der Waals surface area contributed by atoms with E-state index >= 15 is 0 Å². The summed E-state index contributed by atoms with van der Waals surface area (Å²) >= 11 is 0. The van der Waals surface area contributed by atoms with Crippen LogP contribution >= 0.6 is 0 Å². The first kappa shape index (κ1) is 19.7. The highest BCUT2D eigenvalue weighted by Crippen LogP contribution is 2.32. The Kier molecular flexibility index (Phi) is 4.73. The summed E-state index contributed by atoms with van der Waals surface area (Å²) in [7, 11) is 0. The van der Waals surface area contributed by atoms with Crippen molar-refractivity contribution in [2.24, 2.45) is 0 Å². The summed E-state index contributed by atoms with van der Waals surface area (Å²) in [6.45, 7) is 7.34. The average molecular weight is 416 g/mol. The van der Waals surface area contributed by atoms with Crippen molar-refractivity contribution in [1.29, 1.82) is 0 Å². The Balaban J connectivity index is 1.42. The number of benzene rings is 2. The fourth-order valence-electron chi connectivity index (χ4n) is 4.46. The number of carbonyl (C=O) groups is 1. The summed E-state index contributed by atoms with van der Waals surface area (Å²) in [4.78, 5) is 12.9. The van der Waals surface area contributed by atoms with Crippen LogP contribution in [0.15, 0.2) is 48.5 Å². The number of aromatic nitrogens is 2. The minimum atomic E-state index is -0.206. The van der Waals surface area contributed by atoms with Crippen molar-refractivity contribution in [3.63, 3.8) is 0 Å². The van der Waals surface area contributed by atoms with Crippen LogP contribution in [0.1, 0.15) is 55.6 Å². The molecule has 1 aliphatic heterocycles. The van der Waals surface area contributed by atoms with Crippen molar-refractivity contribution < 1.29 is 4.79 Å². The van der Waals surface area contributed by atoms with Gasteiger partial charge < -0.3 is 10.6 Å². The van der Waals surface area contributed by atoms with Crippen molar-refractivity contribution in [3.05, 3.63) is 70.9 Å². The lowest BCUT2D eigenvalue weighted by Gasteiger charge is -2.16. The molecule has 1 atom stereocenters. The highest BCUT2D eigenvalue weighted by atomic mass is 16.2. The van der Waals surface area contributed by atoms with Crippen molar-refractivity contribution >= 4 is 17.5 Å². The number of hydrogen-bond acceptors (Lipinski definition) is 3. The van der Waals surface area contributed by atoms with Gasteiger partial charge in [0.15, 0.2) is 0 Å². The van der Waals surface area contributed by atoms with Gasteiger partial charge in [0.25, 0.3) is 0 Å². The van der Waals surface area contributed by atoms with Crippen LogP contribution in [0.25, 0.3) is 5.69 Å². The molecule has 0 unspecified atom stereocenters. The molecule has 0 bridgehead atoms. The predicted molar refractivity (Wildman–Crippen MR) is 124 cm³/mol. The average Bonchev–Trinajstić information content (AvgIpc) is 3.45. The molecule has 2 aromatic carbocycles. The van der Waals surface area contributed by atoms with Crippen LogP contribution in [-0.4, -0.2) is 22.4 Å². The number of carbonyl (C=O) groups excluding carboxylic acids is 1. The van der Waals surface area contributed by atoms with E-state index in [1.54, 1.807) is 0 Å². The van der Waals surface area contributed by atoms with Gasteiger partial charge in [-0.25, -0.2) is 9.48 Å². The third kappa shape index (κ3) is 3.78. The first-order valence-electron chi connectivity index (χ1n) is 11.0. The van der Waals surface area contributed by atoms with Crippen LogP contribution in [0.2, 0.25) is 0 Å². The van der Waals surface area contributed by atoms with Crippen molar-refractivity contribution in [2.75, 3.05) is 17.2 Å². The molecule has 2 heterocycles. The zero-order valence-electron chi connectivity index (χ0n) is 18.3. The molecule has 2 aliphatic rings. The Morgan fingerprint density at radius 1 is 1.10 bits per heavy atom. The summed E-state index contributed by atoms with van der Waals surface area (Å²) in [6, 6.07) is 16.5. The van der Waals surface area contributed by atoms with E-state index < -0.39 is 0 Å². The SMILES string of the molecule is CC(C)(C)c1cc(NC(=O)N[C@H]2CCc3ccccc32)n(-c2ccc3c(c2)NCC3)n1. The van der Waals surface area contributed by atoms with Gasteiger partial charge in [-0.05, 0) is 48.1 Å². The van der Waals surface area contributed by atoms with Crippen LogP contribution in [-0.2, 0) is 18.3 Å². The van der Waals surface area contributed by atoms with E-state index in [1.165, 1.54) is 16.7 Å². The van der Waals surface area contributed by atoms with Crippen molar-refractivity contribution in [3.8, 4) is 5.69 Å². The van der Waals surface area contributed by atoms with E-state index in [9.17, 15) is 4.79 Å². The molecule has 0 saturated heterocycles. The molecule has 3 N–H and O–H groups in total. The van der Waals surface area contributed by atoms with Gasteiger partial charge in [-0.2, -0.15) is 5.10 Å². The Hall–Kier alpha value is -3.28. The smallest absolute Gasteiger partial charge is 0.320 e. The molecule has 160 valence electrons. The van der Waals surface area contributed by atoms with Gasteiger partial charge in [0.1, 0.15) is 5.82 Å². The van der Waals surface area contributed by atoms with Gasteiger partial charge in [0.2, 0.25) is 0 Å². The molecule has 0 saturated carbocycles. The van der Waals surface area contributed by atoms with Gasteiger partial charge >= 0.3 is 6.03 Å². The Bertz CT molecular complexity index is 1140. The molecule has 6 heteroatoms. The van der Waals surface area contributed by atoms with E-state index in [0.717, 1.165) is 42.9 Å². The predicted octanol–water partition coefficient (Wildman–Crippen LogP) is 4.95. The van der Waals surface area contributed by atoms with Crippen LogP contribution in [0.3, 0.4) is 0 Å². The number of amides is 2. The second-order valence-electron chi connectivity index (χ2n) is 9.48. The molecule has 6 nitrogen and oxygen atoms in total. The van der Waals surface area contributed by atoms with E-state index in [1.807, 2.05) is 16.8 Å². The standard InChI is InChI=1S/C25H29N5O/c1-25(2,3)22-15-23(30(29-22)18-10-8-17-12-13-26-21(17)14-18)28-24(31)27-20-11-9-16-6-4-5-7-19(16)20/h4-8,10,14-15,20,26H,9,11-13H2,1-3H3,(H2,27,28,31)/t20-/m0/s1. The Labute approximate surface area is 183 Å². The quantitative estimate of drug-likeness (QED) is 0.567. The summed E-state index contributed by atoms with van der Waals surface area (Å²) in [5.74, 6) is 0.673. The second-order valence-corrected chi connectivity index (χ2v) is 9.48. The molecule has 1 aromatic heterocycles. The van der Waals surface area contributed by atoms with Gasteiger partial charge in [-0.15, -0.1) is 0 Å². The number of nitrogens with zero attached hydrogens (tertiary/aromatic N) is 2. The van der Waals surface area contributed by atoms with Gasteiger partial charge in [0.05, 0.1) is 17.4 Å². The number of rotatable bonds is 3. The number of anilines is 2. The fourth-order valence-corrected chi connectivity index (χ4v) is 4.46. The lowest BCUT2D eigenvalue weighted by atomic mass is 9.92. The molecule has 0 spiro atoms. The normalized spacial score (nSPS) is 17.1. The minimum absolute atomic E-state index is 0.0406. The molecular formula is C25H29N5O. The third-order valence-electron chi connectivity index (χ3n) is 6.21. The maximum Gasteiger partial charge on any atom is 0.320 e. The fraction of sp³-hybridized carbons (Fsp3) is 0.360. The zero-order chi connectivity index (χ0) is 21.6. The number of hydrogen-bond donors (Lipinski definition) is 3. The number of urea groups is 1. The first-order chi connectivity index (χ1) is 14.9. The van der Waals surface area contributed by atoms with E-state index in [0.29, 0.717) is 5.82 Å². The Morgan fingerprint density at radius 3 is 2.77 bits per heavy atom. The number of aryl methyl sites for hydroxylation is 1. The minimum Gasteiger partial charge on any atom is -0.384 e. The maximum atomic E-state index is 12.9. The van der Waals surface area contributed by atoms with Crippen LogP contribution in [0, 0.1) is 0 Å². The molecule has 2 amide bonds. The molecule has 0 radical (unpaired) electrons. The van der Waals surface area contributed by atoms with Crippen LogP contribution < -0.4 is 16.0 Å². The lowest BCUT2D eigenvalue weighted by Crippen LogP contribution is -2.32. The summed E-state index contributed by atoms with van der Waals surface area (Å²) in [5.41, 5.74) is 6.73. The van der Waals surface area contributed by atoms with Gasteiger partial charge in [-0.1, -0.05) is 51.1 Å². The van der Waals surface area contributed by atoms with E-state index in [4.69, 9.17) is 5.10 Å². The first-order valence-corrected chi connectivity index (χ1v) is 11.0. The van der Waals surface area contributed by atoms with E-state index in [-0.39, 0.29) is 17.5 Å². The highest BCUT2D eigenvalue weighted by Gasteiger charge is 2.25. The third-order valence-corrected chi connectivity index (χ3v) is 6.21. The summed E-state index contributed by atoms with van der Waals surface area (Å²) < 4.78 is 1.84. The van der Waals surface area contributed by atoms with Gasteiger partial charge in [-0.3, -0.25) is 5.32 Å². The maximum absolute atomic E-state index is 12.9. The largest absolute Gasteiger partial charge is 0.384 e. The second kappa shape index (κ2) is 7.45. The molecule has 3 aromatic rings. The van der Waals surface area contributed by atoms with E-state index in [2.05, 4.69) is 73.1 Å². The van der Waals surface area contributed by atoms with Crippen LogP contribution in [0.5, 0.6) is 0 Å². The Morgan fingerprint density at radius 2 is 1.94 bits per heavy atom. The molecular weight excluding hydrogens is 386 g/mol. The highest BCUT2D eigenvalue weighted by molar-refractivity contribution is 5.89. The van der Waals surface area contributed by atoms with Crippen LogP contribution in [0.4, 0.5) is 16.3 Å². The zero-order valence-corrected chi connectivity index (χ0v) is 18.3. The lowest BCUT2D eigenvalue weighted by molar-refractivity contribution is 0.248. The molecule has 1 aliphatic carbocycles. The molecule has 31 heavy (non-hydrogen) atoms. The van der Waals surface area contributed by atoms with Crippen molar-refractivity contribution in [2.45, 2.75) is 51.5 Å². The van der Waals surface area contributed by atoms with Crippen molar-refractivity contribution in [1.82, 2.24) is 15.1 Å². The summed E-state index contributed by atoms with van der Waals surface area (Å²) in [6.07, 6.45) is 2.96. The summed E-state index contributed by atoms with van der Waals surface area (Å²) in [5, 5.41) is 14.5. The molecule has 0 fully saturated rings. The topological polar surface area (TPSA) is 71.0 Å². The van der Waals surface area contributed by atoms with Gasteiger partial charge in [0, 0.05) is 23.7 Å².